The fourth-order valence-corrected chi connectivity index (χ4v) is 2.33. The second-order valence-electron chi connectivity index (χ2n) is 5.27. The molecule has 0 aromatic heterocycles. The molecule has 0 aliphatic rings. The van der Waals surface area contributed by atoms with Crippen LogP contribution in [-0.2, 0) is 11.3 Å². The first-order valence-electron chi connectivity index (χ1n) is 6.93. The fourth-order valence-electron chi connectivity index (χ4n) is 2.14. The molecule has 0 fully saturated rings. The molecule has 2 rings (SSSR count). The van der Waals surface area contributed by atoms with E-state index in [1.165, 1.54) is 12.1 Å². The number of carbonyl (C=O) groups is 1. The number of rotatable bonds is 5. The topological polar surface area (TPSA) is 32.3 Å². The first-order chi connectivity index (χ1) is 10.5. The molecule has 0 aliphatic heterocycles. The number of anilines is 1. The van der Waals surface area contributed by atoms with E-state index in [1.54, 1.807) is 6.07 Å². The summed E-state index contributed by atoms with van der Waals surface area (Å²) in [4.78, 5) is 13.9. The minimum Gasteiger partial charge on any atom is -0.325 e. The number of nitrogens with zero attached hydrogens (tertiary/aromatic N) is 1. The van der Waals surface area contributed by atoms with Crippen LogP contribution in [0, 0.1) is 12.7 Å². The largest absolute Gasteiger partial charge is 0.325 e. The Balaban J connectivity index is 1.94. The molecule has 1 amide bonds. The smallest absolute Gasteiger partial charge is 0.238 e. The Hall–Kier alpha value is -1.91. The number of hydrogen-bond acceptors (Lipinski definition) is 2. The number of benzene rings is 2. The Labute approximate surface area is 134 Å². The molecule has 0 saturated carbocycles. The van der Waals surface area contributed by atoms with Crippen LogP contribution in [-0.4, -0.2) is 24.4 Å². The lowest BCUT2D eigenvalue weighted by Gasteiger charge is -2.17. The van der Waals surface area contributed by atoms with Crippen LogP contribution < -0.4 is 5.32 Å². The summed E-state index contributed by atoms with van der Waals surface area (Å²) >= 11 is 6.10. The zero-order valence-corrected chi connectivity index (χ0v) is 13.3. The van der Waals surface area contributed by atoms with Gasteiger partial charge in [0.25, 0.3) is 0 Å². The lowest BCUT2D eigenvalue weighted by molar-refractivity contribution is -0.117. The molecule has 2 aromatic rings. The Kier molecular flexibility index (Phi) is 5.52. The zero-order valence-electron chi connectivity index (χ0n) is 12.6. The van der Waals surface area contributed by atoms with E-state index in [4.69, 9.17) is 11.6 Å². The minimum absolute atomic E-state index is 0.191. The lowest BCUT2D eigenvalue weighted by Crippen LogP contribution is -2.30. The average molecular weight is 321 g/mol. The molecule has 0 atom stereocenters. The summed E-state index contributed by atoms with van der Waals surface area (Å²) in [6.07, 6.45) is 0. The molecule has 0 bridgehead atoms. The van der Waals surface area contributed by atoms with E-state index < -0.39 is 0 Å². The van der Waals surface area contributed by atoms with E-state index in [9.17, 15) is 9.18 Å². The van der Waals surface area contributed by atoms with E-state index in [2.05, 4.69) is 5.32 Å². The maximum absolute atomic E-state index is 13.2. The number of likely N-dealkylation sites (N-methyl/N-ethyl adjacent to an activating group) is 1. The minimum atomic E-state index is -0.370. The Bertz CT molecular complexity index is 675. The van der Waals surface area contributed by atoms with Gasteiger partial charge in [0, 0.05) is 17.3 Å². The van der Waals surface area contributed by atoms with Gasteiger partial charge in [-0.15, -0.1) is 0 Å². The summed E-state index contributed by atoms with van der Waals surface area (Å²) < 4.78 is 13.2. The molecule has 5 heteroatoms. The van der Waals surface area contributed by atoms with E-state index in [0.29, 0.717) is 17.3 Å². The molecule has 116 valence electrons. The van der Waals surface area contributed by atoms with E-state index in [1.807, 2.05) is 43.1 Å². The molecule has 3 nitrogen and oxygen atoms in total. The first-order valence-corrected chi connectivity index (χ1v) is 7.31. The SMILES string of the molecule is Cc1ccc(F)cc1NC(=O)CN(C)Cc1ccccc1Cl. The van der Waals surface area contributed by atoms with Gasteiger partial charge in [-0.2, -0.15) is 0 Å². The molecular formula is C17H18ClFN2O. The molecular weight excluding hydrogens is 303 g/mol. The molecule has 2 aromatic carbocycles. The van der Waals surface area contributed by atoms with Crippen molar-refractivity contribution in [1.29, 1.82) is 0 Å². The van der Waals surface area contributed by atoms with E-state index in [0.717, 1.165) is 11.1 Å². The summed E-state index contributed by atoms with van der Waals surface area (Å²) in [5.41, 5.74) is 2.28. The van der Waals surface area contributed by atoms with Crippen LogP contribution in [0.25, 0.3) is 0 Å². The van der Waals surface area contributed by atoms with E-state index in [-0.39, 0.29) is 18.3 Å². The van der Waals surface area contributed by atoms with Gasteiger partial charge in [-0.3, -0.25) is 9.69 Å². The van der Waals surface area contributed by atoms with Gasteiger partial charge in [-0.1, -0.05) is 35.9 Å². The van der Waals surface area contributed by atoms with Crippen LogP contribution in [0.1, 0.15) is 11.1 Å². The Morgan fingerprint density at radius 3 is 2.73 bits per heavy atom. The quantitative estimate of drug-likeness (QED) is 0.907. The predicted octanol–water partition coefficient (Wildman–Crippen LogP) is 3.86. The van der Waals surface area contributed by atoms with Crippen molar-refractivity contribution >= 4 is 23.2 Å². The van der Waals surface area contributed by atoms with Gasteiger partial charge in [-0.05, 0) is 43.3 Å². The third-order valence-electron chi connectivity index (χ3n) is 3.29. The highest BCUT2D eigenvalue weighted by Gasteiger charge is 2.10. The lowest BCUT2D eigenvalue weighted by atomic mass is 10.2. The van der Waals surface area contributed by atoms with Crippen molar-refractivity contribution in [3.05, 3.63) is 64.4 Å². The molecule has 0 aliphatic carbocycles. The third-order valence-corrected chi connectivity index (χ3v) is 3.65. The summed E-state index contributed by atoms with van der Waals surface area (Å²) in [6, 6.07) is 11.8. The van der Waals surface area contributed by atoms with Gasteiger partial charge in [0.15, 0.2) is 0 Å². The van der Waals surface area contributed by atoms with Crippen LogP contribution >= 0.6 is 11.6 Å². The molecule has 0 unspecified atom stereocenters. The van der Waals surface area contributed by atoms with Crippen LogP contribution in [0.4, 0.5) is 10.1 Å². The molecule has 1 N–H and O–H groups in total. The second kappa shape index (κ2) is 7.38. The van der Waals surface area contributed by atoms with E-state index >= 15 is 0 Å². The van der Waals surface area contributed by atoms with Crippen LogP contribution in [0.15, 0.2) is 42.5 Å². The van der Waals surface area contributed by atoms with Gasteiger partial charge in [-0.25, -0.2) is 4.39 Å². The number of nitrogens with one attached hydrogen (secondary N) is 1. The van der Waals surface area contributed by atoms with Crippen LogP contribution in [0.5, 0.6) is 0 Å². The van der Waals surface area contributed by atoms with Crippen LogP contribution in [0.2, 0.25) is 5.02 Å². The first kappa shape index (κ1) is 16.5. The summed E-state index contributed by atoms with van der Waals surface area (Å²) in [5.74, 6) is -0.562. The van der Waals surface area contributed by atoms with Gasteiger partial charge in [0.2, 0.25) is 5.91 Å². The van der Waals surface area contributed by atoms with Gasteiger partial charge in [0.1, 0.15) is 5.82 Å². The molecule has 0 spiro atoms. The zero-order chi connectivity index (χ0) is 16.1. The average Bonchev–Trinajstić information content (AvgIpc) is 2.45. The number of halogens is 2. The maximum Gasteiger partial charge on any atom is 0.238 e. The molecule has 0 radical (unpaired) electrons. The van der Waals surface area contributed by atoms with Crippen molar-refractivity contribution in [1.82, 2.24) is 4.90 Å². The third kappa shape index (κ3) is 4.55. The summed E-state index contributed by atoms with van der Waals surface area (Å²) in [5, 5.41) is 3.41. The van der Waals surface area contributed by atoms with Gasteiger partial charge >= 0.3 is 0 Å². The second-order valence-corrected chi connectivity index (χ2v) is 5.68. The number of amides is 1. The van der Waals surface area contributed by atoms with Crippen LogP contribution in [0.3, 0.4) is 0 Å². The predicted molar refractivity (Wildman–Crippen MR) is 87.6 cm³/mol. The van der Waals surface area contributed by atoms with Crippen molar-refractivity contribution < 1.29 is 9.18 Å². The molecule has 22 heavy (non-hydrogen) atoms. The molecule has 0 saturated heterocycles. The Morgan fingerprint density at radius 1 is 1.27 bits per heavy atom. The number of hydrogen-bond donors (Lipinski definition) is 1. The van der Waals surface area contributed by atoms with Crippen molar-refractivity contribution in [3.63, 3.8) is 0 Å². The van der Waals surface area contributed by atoms with Gasteiger partial charge < -0.3 is 5.32 Å². The number of carbonyl (C=O) groups excluding carboxylic acids is 1. The van der Waals surface area contributed by atoms with Crippen molar-refractivity contribution in [2.75, 3.05) is 18.9 Å². The van der Waals surface area contributed by atoms with Crippen molar-refractivity contribution in [2.45, 2.75) is 13.5 Å². The Morgan fingerprint density at radius 2 is 2.00 bits per heavy atom. The molecule has 0 heterocycles. The van der Waals surface area contributed by atoms with Crippen molar-refractivity contribution in [2.24, 2.45) is 0 Å². The highest BCUT2D eigenvalue weighted by Crippen LogP contribution is 2.17. The monoisotopic (exact) mass is 320 g/mol. The van der Waals surface area contributed by atoms with Crippen molar-refractivity contribution in [3.8, 4) is 0 Å². The van der Waals surface area contributed by atoms with Gasteiger partial charge in [0.05, 0.1) is 6.54 Å². The fraction of sp³-hybridized carbons (Fsp3) is 0.235. The summed E-state index contributed by atoms with van der Waals surface area (Å²) in [7, 11) is 1.83. The highest BCUT2D eigenvalue weighted by atomic mass is 35.5. The standard InChI is InChI=1S/C17H18ClFN2O/c1-12-7-8-14(19)9-16(12)20-17(22)11-21(2)10-13-5-3-4-6-15(13)18/h3-9H,10-11H2,1-2H3,(H,20,22). The maximum atomic E-state index is 13.2. The highest BCUT2D eigenvalue weighted by molar-refractivity contribution is 6.31. The normalized spacial score (nSPS) is 10.8. The number of aryl methyl sites for hydroxylation is 1. The summed E-state index contributed by atoms with van der Waals surface area (Å²) in [6.45, 7) is 2.58.